The largest absolute Gasteiger partial charge is 0.466 e. The van der Waals surface area contributed by atoms with E-state index in [0.717, 1.165) is 16.6 Å². The van der Waals surface area contributed by atoms with Crippen molar-refractivity contribution in [1.82, 2.24) is 14.8 Å². The number of nitrogens with one attached hydrogen (secondary N) is 1. The van der Waals surface area contributed by atoms with Gasteiger partial charge in [0.1, 0.15) is 5.82 Å². The first-order valence-electron chi connectivity index (χ1n) is 10.6. The highest BCUT2D eigenvalue weighted by molar-refractivity contribution is 5.92. The van der Waals surface area contributed by atoms with Crippen LogP contribution in [0.4, 0.5) is 15.8 Å². The first kappa shape index (κ1) is 22.0. The van der Waals surface area contributed by atoms with Gasteiger partial charge in [-0.05, 0) is 57.5 Å². The number of nitrogens with zero attached hydrogens (tertiary/aromatic N) is 4. The molecule has 2 aromatic heterocycles. The number of rotatable bonds is 5. The molecule has 0 saturated carbocycles. The monoisotopic (exact) mass is 441 g/mol. The molecule has 0 spiro atoms. The summed E-state index contributed by atoms with van der Waals surface area (Å²) in [7, 11) is 1.78. The third-order valence-corrected chi connectivity index (χ3v) is 5.42. The average molecular weight is 442 g/mol. The lowest BCUT2D eigenvalue weighted by Crippen LogP contribution is -2.45. The molecule has 1 aliphatic rings. The number of ether oxygens (including phenoxy) is 2. The van der Waals surface area contributed by atoms with Crippen LogP contribution in [0.5, 0.6) is 5.88 Å². The van der Waals surface area contributed by atoms with Gasteiger partial charge in [-0.15, -0.1) is 5.10 Å². The Balaban J connectivity index is 1.42. The van der Waals surface area contributed by atoms with E-state index in [1.807, 2.05) is 38.7 Å². The zero-order valence-corrected chi connectivity index (χ0v) is 19.0. The van der Waals surface area contributed by atoms with E-state index >= 15 is 0 Å². The maximum absolute atomic E-state index is 14.8. The molecule has 9 heteroatoms. The Morgan fingerprint density at radius 3 is 2.66 bits per heavy atom. The van der Waals surface area contributed by atoms with E-state index in [-0.39, 0.29) is 18.8 Å². The van der Waals surface area contributed by atoms with Crippen molar-refractivity contribution in [2.75, 3.05) is 29.9 Å². The molecular weight excluding hydrogens is 413 g/mol. The van der Waals surface area contributed by atoms with Crippen LogP contribution in [0.25, 0.3) is 11.0 Å². The van der Waals surface area contributed by atoms with E-state index in [9.17, 15) is 9.18 Å². The molecule has 0 radical (unpaired) electrons. The number of morpholine rings is 1. The Hall–Kier alpha value is -3.20. The number of aromatic nitrogens is 3. The Bertz CT molecular complexity index is 1150. The summed E-state index contributed by atoms with van der Waals surface area (Å²) < 4.78 is 27.8. The summed E-state index contributed by atoms with van der Waals surface area (Å²) in [5.41, 5.74) is 3.42. The fourth-order valence-corrected chi connectivity index (χ4v) is 4.20. The molecular formula is C23H28FN5O3. The third-order valence-electron chi connectivity index (χ3n) is 5.42. The van der Waals surface area contributed by atoms with Crippen molar-refractivity contribution in [2.24, 2.45) is 7.05 Å². The Morgan fingerprint density at radius 2 is 1.97 bits per heavy atom. The SMILES string of the molecule is Cc1cc(C)c2c(OCC(=O)Nc3ccc(N4CC(C)OC(C)C4)c(F)c3)nn(C)c2n1. The molecule has 3 aromatic rings. The predicted molar refractivity (Wildman–Crippen MR) is 121 cm³/mol. The molecule has 170 valence electrons. The van der Waals surface area contributed by atoms with Crippen molar-refractivity contribution in [3.63, 3.8) is 0 Å². The predicted octanol–water partition coefficient (Wildman–Crippen LogP) is 3.36. The van der Waals surface area contributed by atoms with Crippen LogP contribution in [0.15, 0.2) is 24.3 Å². The second-order valence-corrected chi connectivity index (χ2v) is 8.37. The van der Waals surface area contributed by atoms with Crippen molar-refractivity contribution in [1.29, 1.82) is 0 Å². The number of aryl methyl sites for hydroxylation is 3. The van der Waals surface area contributed by atoms with Crippen LogP contribution in [-0.4, -0.2) is 52.6 Å². The summed E-state index contributed by atoms with van der Waals surface area (Å²) in [6.45, 7) is 8.79. The van der Waals surface area contributed by atoms with Gasteiger partial charge in [0.25, 0.3) is 5.91 Å². The van der Waals surface area contributed by atoms with Crippen LogP contribution in [0.1, 0.15) is 25.1 Å². The van der Waals surface area contributed by atoms with Crippen molar-refractivity contribution in [3.8, 4) is 5.88 Å². The molecule has 1 saturated heterocycles. The molecule has 32 heavy (non-hydrogen) atoms. The maximum Gasteiger partial charge on any atom is 0.262 e. The first-order chi connectivity index (χ1) is 15.2. The zero-order valence-electron chi connectivity index (χ0n) is 19.0. The van der Waals surface area contributed by atoms with E-state index in [4.69, 9.17) is 9.47 Å². The standard InChI is InChI=1S/C23H28FN5O3/c1-13-8-14(2)25-22-21(13)23(27-28(22)5)31-12-20(30)26-17-6-7-19(18(24)9-17)29-10-15(3)32-16(4)11-29/h6-9,15-16H,10-12H2,1-5H3,(H,26,30). The highest BCUT2D eigenvalue weighted by atomic mass is 19.1. The van der Waals surface area contributed by atoms with E-state index < -0.39 is 11.7 Å². The van der Waals surface area contributed by atoms with Gasteiger partial charge in [-0.25, -0.2) is 14.1 Å². The van der Waals surface area contributed by atoms with Crippen molar-refractivity contribution in [2.45, 2.75) is 39.9 Å². The average Bonchev–Trinajstić information content (AvgIpc) is 3.01. The van der Waals surface area contributed by atoms with Crippen LogP contribution in [0.3, 0.4) is 0 Å². The maximum atomic E-state index is 14.8. The molecule has 3 heterocycles. The minimum atomic E-state index is -0.401. The fraction of sp³-hybridized carbons (Fsp3) is 0.435. The van der Waals surface area contributed by atoms with Gasteiger partial charge >= 0.3 is 0 Å². The molecule has 1 aromatic carbocycles. The first-order valence-corrected chi connectivity index (χ1v) is 10.6. The second-order valence-electron chi connectivity index (χ2n) is 8.37. The van der Waals surface area contributed by atoms with Crippen molar-refractivity contribution in [3.05, 3.63) is 41.3 Å². The lowest BCUT2D eigenvalue weighted by Gasteiger charge is -2.37. The summed E-state index contributed by atoms with van der Waals surface area (Å²) in [5.74, 6) is -0.445. The summed E-state index contributed by atoms with van der Waals surface area (Å²) in [4.78, 5) is 18.9. The Kier molecular flexibility index (Phi) is 6.01. The highest BCUT2D eigenvalue weighted by Gasteiger charge is 2.24. The number of benzene rings is 1. The molecule has 2 unspecified atom stereocenters. The molecule has 2 atom stereocenters. The molecule has 1 aliphatic heterocycles. The van der Waals surface area contributed by atoms with Crippen molar-refractivity contribution < 1.29 is 18.7 Å². The summed E-state index contributed by atoms with van der Waals surface area (Å²) >= 11 is 0. The molecule has 1 amide bonds. The van der Waals surface area contributed by atoms with Crippen LogP contribution in [0, 0.1) is 19.7 Å². The number of halogens is 1. The minimum Gasteiger partial charge on any atom is -0.466 e. The lowest BCUT2D eigenvalue weighted by atomic mass is 10.2. The number of anilines is 2. The zero-order chi connectivity index (χ0) is 23.0. The smallest absolute Gasteiger partial charge is 0.262 e. The molecule has 1 fully saturated rings. The number of carbonyl (C=O) groups is 1. The van der Waals surface area contributed by atoms with Crippen molar-refractivity contribution >= 4 is 28.3 Å². The molecule has 1 N–H and O–H groups in total. The van der Waals surface area contributed by atoms with Gasteiger partial charge < -0.3 is 19.7 Å². The van der Waals surface area contributed by atoms with Crippen LogP contribution in [-0.2, 0) is 16.6 Å². The van der Waals surface area contributed by atoms with Gasteiger partial charge in [0, 0.05) is 31.5 Å². The Morgan fingerprint density at radius 1 is 1.25 bits per heavy atom. The third kappa shape index (κ3) is 4.52. The minimum absolute atomic E-state index is 0.0279. The van der Waals surface area contributed by atoms with Crippen LogP contribution >= 0.6 is 0 Å². The lowest BCUT2D eigenvalue weighted by molar-refractivity contribution is -0.118. The number of carbonyl (C=O) groups excluding carboxylic acids is 1. The fourth-order valence-electron chi connectivity index (χ4n) is 4.20. The van der Waals surface area contributed by atoms with Crippen LogP contribution < -0.4 is 15.0 Å². The quantitative estimate of drug-likeness (QED) is 0.654. The topological polar surface area (TPSA) is 81.5 Å². The van der Waals surface area contributed by atoms with E-state index in [0.29, 0.717) is 36.0 Å². The van der Waals surface area contributed by atoms with Gasteiger partial charge in [-0.1, -0.05) is 0 Å². The van der Waals surface area contributed by atoms with E-state index in [1.54, 1.807) is 23.9 Å². The second kappa shape index (κ2) is 8.74. The highest BCUT2D eigenvalue weighted by Crippen LogP contribution is 2.28. The van der Waals surface area contributed by atoms with Crippen LogP contribution in [0.2, 0.25) is 0 Å². The van der Waals surface area contributed by atoms with Gasteiger partial charge in [0.2, 0.25) is 5.88 Å². The van der Waals surface area contributed by atoms with Gasteiger partial charge in [-0.3, -0.25) is 4.79 Å². The number of hydrogen-bond donors (Lipinski definition) is 1. The summed E-state index contributed by atoms with van der Waals surface area (Å²) in [6, 6.07) is 6.64. The Labute approximate surface area is 186 Å². The number of pyridine rings is 1. The summed E-state index contributed by atoms with van der Waals surface area (Å²) in [5, 5.41) is 7.79. The molecule has 0 aliphatic carbocycles. The molecule has 8 nitrogen and oxygen atoms in total. The number of hydrogen-bond acceptors (Lipinski definition) is 6. The van der Waals surface area contributed by atoms with Gasteiger partial charge in [0.15, 0.2) is 12.3 Å². The van der Waals surface area contributed by atoms with E-state index in [2.05, 4.69) is 15.4 Å². The number of fused-ring (bicyclic) bond motifs is 1. The van der Waals surface area contributed by atoms with Gasteiger partial charge in [0.05, 0.1) is 23.3 Å². The van der Waals surface area contributed by atoms with Gasteiger partial charge in [-0.2, -0.15) is 0 Å². The number of amides is 1. The van der Waals surface area contributed by atoms with E-state index in [1.165, 1.54) is 6.07 Å². The normalized spacial score (nSPS) is 18.8. The molecule has 0 bridgehead atoms. The molecule has 4 rings (SSSR count). The summed E-state index contributed by atoms with van der Waals surface area (Å²) in [6.07, 6.45) is 0.0558.